The highest BCUT2D eigenvalue weighted by Gasteiger charge is 2.22. The second-order valence-corrected chi connectivity index (χ2v) is 3.13. The molecule has 0 saturated carbocycles. The molecule has 1 atom stereocenters. The lowest BCUT2D eigenvalue weighted by Gasteiger charge is -2.25. The first-order valence-corrected chi connectivity index (χ1v) is 4.14. The van der Waals surface area contributed by atoms with Gasteiger partial charge in [0.25, 0.3) is 0 Å². The summed E-state index contributed by atoms with van der Waals surface area (Å²) in [6.45, 7) is 1.80. The molecule has 68 valence electrons. The van der Waals surface area contributed by atoms with Crippen molar-refractivity contribution in [3.05, 3.63) is 18.2 Å². The fourth-order valence-electron chi connectivity index (χ4n) is 1.36. The van der Waals surface area contributed by atoms with Crippen molar-refractivity contribution in [2.75, 3.05) is 16.4 Å². The van der Waals surface area contributed by atoms with E-state index >= 15 is 0 Å². The molecule has 0 spiro atoms. The van der Waals surface area contributed by atoms with E-state index in [1.165, 1.54) is 0 Å². The molecule has 4 nitrogen and oxygen atoms in total. The number of carbonyl (C=O) groups is 1. The van der Waals surface area contributed by atoms with E-state index in [4.69, 9.17) is 5.73 Å². The average molecular weight is 177 g/mol. The molecular weight excluding hydrogens is 166 g/mol. The zero-order valence-electron chi connectivity index (χ0n) is 7.29. The van der Waals surface area contributed by atoms with Gasteiger partial charge in [-0.1, -0.05) is 6.07 Å². The number of fused-ring (bicyclic) bond motifs is 1. The highest BCUT2D eigenvalue weighted by molar-refractivity contribution is 6.04. The van der Waals surface area contributed by atoms with E-state index in [1.54, 1.807) is 13.0 Å². The Morgan fingerprint density at radius 3 is 3.00 bits per heavy atom. The van der Waals surface area contributed by atoms with Crippen LogP contribution in [0.15, 0.2) is 18.2 Å². The lowest BCUT2D eigenvalue weighted by molar-refractivity contribution is -0.116. The van der Waals surface area contributed by atoms with Gasteiger partial charge in [0.15, 0.2) is 0 Å². The standard InChI is InChI=1S/C9H11N3O/c1-5-9(13)12-7-4-2-3-6(10)8(7)11-5/h2-5,11H,10H2,1H3,(H,12,13). The first-order valence-electron chi connectivity index (χ1n) is 4.14. The summed E-state index contributed by atoms with van der Waals surface area (Å²) in [4.78, 5) is 11.3. The Morgan fingerprint density at radius 2 is 2.23 bits per heavy atom. The lowest BCUT2D eigenvalue weighted by atomic mass is 10.1. The van der Waals surface area contributed by atoms with Crippen LogP contribution in [0.1, 0.15) is 6.92 Å². The van der Waals surface area contributed by atoms with Gasteiger partial charge in [-0.05, 0) is 19.1 Å². The van der Waals surface area contributed by atoms with Gasteiger partial charge in [0.2, 0.25) is 5.91 Å². The quantitative estimate of drug-likeness (QED) is 0.518. The van der Waals surface area contributed by atoms with Gasteiger partial charge in [0, 0.05) is 0 Å². The zero-order chi connectivity index (χ0) is 9.42. The third-order valence-corrected chi connectivity index (χ3v) is 2.11. The van der Waals surface area contributed by atoms with Crippen molar-refractivity contribution in [3.8, 4) is 0 Å². The monoisotopic (exact) mass is 177 g/mol. The molecule has 0 aliphatic carbocycles. The third kappa shape index (κ3) is 1.20. The number of hydrogen-bond acceptors (Lipinski definition) is 3. The van der Waals surface area contributed by atoms with Gasteiger partial charge in [-0.2, -0.15) is 0 Å². The minimum Gasteiger partial charge on any atom is -0.397 e. The number of rotatable bonds is 0. The van der Waals surface area contributed by atoms with Gasteiger partial charge < -0.3 is 16.4 Å². The Hall–Kier alpha value is -1.71. The molecule has 1 unspecified atom stereocenters. The summed E-state index contributed by atoms with van der Waals surface area (Å²) < 4.78 is 0. The molecule has 0 bridgehead atoms. The molecular formula is C9H11N3O. The molecule has 1 amide bonds. The molecule has 0 saturated heterocycles. The number of nitrogens with two attached hydrogens (primary N) is 1. The summed E-state index contributed by atoms with van der Waals surface area (Å²) in [5.41, 5.74) is 7.96. The fraction of sp³-hybridized carbons (Fsp3) is 0.222. The van der Waals surface area contributed by atoms with E-state index in [0.717, 1.165) is 11.4 Å². The molecule has 13 heavy (non-hydrogen) atoms. The summed E-state index contributed by atoms with van der Waals surface area (Å²) in [5, 5.41) is 5.81. The second-order valence-electron chi connectivity index (χ2n) is 3.13. The van der Waals surface area contributed by atoms with E-state index in [-0.39, 0.29) is 11.9 Å². The zero-order valence-corrected chi connectivity index (χ0v) is 7.29. The molecule has 1 aliphatic heterocycles. The lowest BCUT2D eigenvalue weighted by Crippen LogP contribution is -2.36. The Bertz CT molecular complexity index is 362. The molecule has 1 aliphatic rings. The van der Waals surface area contributed by atoms with E-state index in [1.807, 2.05) is 12.1 Å². The van der Waals surface area contributed by atoms with Crippen molar-refractivity contribution >= 4 is 23.0 Å². The predicted molar refractivity (Wildman–Crippen MR) is 52.6 cm³/mol. The highest BCUT2D eigenvalue weighted by atomic mass is 16.2. The first-order chi connectivity index (χ1) is 6.18. The number of amides is 1. The van der Waals surface area contributed by atoms with Gasteiger partial charge in [0.05, 0.1) is 17.1 Å². The van der Waals surface area contributed by atoms with Gasteiger partial charge in [0.1, 0.15) is 6.04 Å². The maximum atomic E-state index is 11.3. The highest BCUT2D eigenvalue weighted by Crippen LogP contribution is 2.31. The molecule has 1 heterocycles. The smallest absolute Gasteiger partial charge is 0.246 e. The molecule has 1 aromatic rings. The van der Waals surface area contributed by atoms with Crippen molar-refractivity contribution < 1.29 is 4.79 Å². The number of nitrogens with one attached hydrogen (secondary N) is 2. The summed E-state index contributed by atoms with van der Waals surface area (Å²) in [6.07, 6.45) is 0. The van der Waals surface area contributed by atoms with E-state index in [0.29, 0.717) is 5.69 Å². The van der Waals surface area contributed by atoms with Crippen LogP contribution in [0.4, 0.5) is 17.1 Å². The van der Waals surface area contributed by atoms with Crippen LogP contribution in [0, 0.1) is 0 Å². The van der Waals surface area contributed by atoms with E-state index in [9.17, 15) is 4.79 Å². The fourth-order valence-corrected chi connectivity index (χ4v) is 1.36. The van der Waals surface area contributed by atoms with Gasteiger partial charge in [-0.25, -0.2) is 0 Å². The summed E-state index contributed by atoms with van der Waals surface area (Å²) in [5.74, 6) is -0.0295. The Morgan fingerprint density at radius 1 is 1.46 bits per heavy atom. The topological polar surface area (TPSA) is 67.2 Å². The van der Waals surface area contributed by atoms with Gasteiger partial charge in [-0.15, -0.1) is 0 Å². The first kappa shape index (κ1) is 7.91. The Balaban J connectivity index is 2.48. The SMILES string of the molecule is CC1Nc2c(N)cccc2NC1=O. The van der Waals surface area contributed by atoms with Crippen LogP contribution in [0.3, 0.4) is 0 Å². The van der Waals surface area contributed by atoms with Crippen LogP contribution in [-0.2, 0) is 4.79 Å². The Labute approximate surface area is 76.1 Å². The van der Waals surface area contributed by atoms with E-state index in [2.05, 4.69) is 10.6 Å². The summed E-state index contributed by atoms with van der Waals surface area (Å²) in [7, 11) is 0. The van der Waals surface area contributed by atoms with Gasteiger partial charge in [-0.3, -0.25) is 4.79 Å². The van der Waals surface area contributed by atoms with Crippen LogP contribution in [-0.4, -0.2) is 11.9 Å². The molecule has 0 fully saturated rings. The van der Waals surface area contributed by atoms with Crippen molar-refractivity contribution in [1.82, 2.24) is 0 Å². The number of para-hydroxylation sites is 1. The minimum absolute atomic E-state index is 0.0295. The maximum Gasteiger partial charge on any atom is 0.246 e. The van der Waals surface area contributed by atoms with Crippen molar-refractivity contribution in [2.45, 2.75) is 13.0 Å². The van der Waals surface area contributed by atoms with Crippen LogP contribution in [0.2, 0.25) is 0 Å². The third-order valence-electron chi connectivity index (χ3n) is 2.11. The summed E-state index contributed by atoms with van der Waals surface area (Å²) >= 11 is 0. The van der Waals surface area contributed by atoms with E-state index < -0.39 is 0 Å². The summed E-state index contributed by atoms with van der Waals surface area (Å²) in [6, 6.07) is 5.21. The number of nitrogen functional groups attached to an aromatic ring is 1. The van der Waals surface area contributed by atoms with Crippen molar-refractivity contribution in [2.24, 2.45) is 0 Å². The van der Waals surface area contributed by atoms with Crippen molar-refractivity contribution in [3.63, 3.8) is 0 Å². The molecule has 4 N–H and O–H groups in total. The van der Waals surface area contributed by atoms with Crippen LogP contribution >= 0.6 is 0 Å². The van der Waals surface area contributed by atoms with Crippen LogP contribution in [0.25, 0.3) is 0 Å². The number of anilines is 3. The number of benzene rings is 1. The Kier molecular flexibility index (Phi) is 1.62. The number of carbonyl (C=O) groups excluding carboxylic acids is 1. The molecule has 1 aromatic carbocycles. The number of hydrogen-bond donors (Lipinski definition) is 3. The largest absolute Gasteiger partial charge is 0.397 e. The minimum atomic E-state index is -0.225. The molecule has 0 aromatic heterocycles. The predicted octanol–water partition coefficient (Wildman–Crippen LogP) is 1.02. The van der Waals surface area contributed by atoms with Crippen molar-refractivity contribution in [1.29, 1.82) is 0 Å². The van der Waals surface area contributed by atoms with Crippen LogP contribution in [0.5, 0.6) is 0 Å². The molecule has 0 radical (unpaired) electrons. The average Bonchev–Trinajstić information content (AvgIpc) is 2.09. The molecule has 2 rings (SSSR count). The second kappa shape index (κ2) is 2.65. The molecule has 4 heteroatoms. The maximum absolute atomic E-state index is 11.3. The van der Waals surface area contributed by atoms with Gasteiger partial charge >= 0.3 is 0 Å². The normalized spacial score (nSPS) is 20.1. The van der Waals surface area contributed by atoms with Crippen LogP contribution < -0.4 is 16.4 Å².